The van der Waals surface area contributed by atoms with Gasteiger partial charge in [0.15, 0.2) is 0 Å². The Kier molecular flexibility index (Phi) is 1.50. The SMILES string of the molecule is Oc1ccc2cc(CF)[nH]c2c1. The van der Waals surface area contributed by atoms with Crippen LogP contribution in [0, 0.1) is 0 Å². The fraction of sp³-hybridized carbons (Fsp3) is 0.111. The highest BCUT2D eigenvalue weighted by atomic mass is 19.1. The van der Waals surface area contributed by atoms with Crippen LogP contribution >= 0.6 is 0 Å². The summed E-state index contributed by atoms with van der Waals surface area (Å²) >= 11 is 0. The number of aromatic hydroxyl groups is 1. The Hall–Kier alpha value is -1.51. The summed E-state index contributed by atoms with van der Waals surface area (Å²) in [4.78, 5) is 2.85. The summed E-state index contributed by atoms with van der Waals surface area (Å²) in [5.74, 6) is 0.190. The largest absolute Gasteiger partial charge is 0.508 e. The minimum atomic E-state index is -0.505. The zero-order valence-electron chi connectivity index (χ0n) is 6.34. The summed E-state index contributed by atoms with van der Waals surface area (Å²) in [6.07, 6.45) is 0. The first-order valence-electron chi connectivity index (χ1n) is 3.66. The first-order valence-corrected chi connectivity index (χ1v) is 3.66. The quantitative estimate of drug-likeness (QED) is 0.668. The molecule has 1 aromatic heterocycles. The molecule has 0 saturated carbocycles. The van der Waals surface area contributed by atoms with E-state index in [1.807, 2.05) is 0 Å². The second-order valence-corrected chi connectivity index (χ2v) is 2.70. The molecule has 3 heteroatoms. The normalized spacial score (nSPS) is 10.8. The van der Waals surface area contributed by atoms with Crippen molar-refractivity contribution in [1.29, 1.82) is 0 Å². The molecule has 2 aromatic rings. The van der Waals surface area contributed by atoms with Crippen LogP contribution in [-0.2, 0) is 6.67 Å². The van der Waals surface area contributed by atoms with Gasteiger partial charge in [-0.2, -0.15) is 0 Å². The van der Waals surface area contributed by atoms with Gasteiger partial charge < -0.3 is 10.1 Å². The molecular formula is C9H8FNO. The summed E-state index contributed by atoms with van der Waals surface area (Å²) < 4.78 is 12.2. The predicted molar refractivity (Wildman–Crippen MR) is 44.8 cm³/mol. The molecule has 2 N–H and O–H groups in total. The van der Waals surface area contributed by atoms with Crippen molar-refractivity contribution in [2.24, 2.45) is 0 Å². The molecule has 2 nitrogen and oxygen atoms in total. The number of fused-ring (bicyclic) bond motifs is 1. The number of aromatic amines is 1. The lowest BCUT2D eigenvalue weighted by atomic mass is 10.2. The average Bonchev–Trinajstić information content (AvgIpc) is 2.46. The van der Waals surface area contributed by atoms with Gasteiger partial charge in [-0.1, -0.05) is 0 Å². The third-order valence-corrected chi connectivity index (χ3v) is 1.81. The van der Waals surface area contributed by atoms with Crippen molar-refractivity contribution in [1.82, 2.24) is 4.98 Å². The third kappa shape index (κ3) is 1.03. The zero-order valence-corrected chi connectivity index (χ0v) is 6.34. The lowest BCUT2D eigenvalue weighted by Gasteiger charge is -1.90. The number of phenols is 1. The number of hydrogen-bond donors (Lipinski definition) is 2. The van der Waals surface area contributed by atoms with Crippen LogP contribution in [0.15, 0.2) is 24.3 Å². The molecule has 0 atom stereocenters. The average molecular weight is 165 g/mol. The van der Waals surface area contributed by atoms with E-state index in [-0.39, 0.29) is 5.75 Å². The number of hydrogen-bond acceptors (Lipinski definition) is 1. The molecular weight excluding hydrogens is 157 g/mol. The van der Waals surface area contributed by atoms with E-state index in [2.05, 4.69) is 4.98 Å². The molecule has 1 aromatic carbocycles. The van der Waals surface area contributed by atoms with E-state index in [9.17, 15) is 4.39 Å². The number of rotatable bonds is 1. The van der Waals surface area contributed by atoms with Gasteiger partial charge >= 0.3 is 0 Å². The van der Waals surface area contributed by atoms with Crippen molar-refractivity contribution in [2.75, 3.05) is 0 Å². The van der Waals surface area contributed by atoms with Gasteiger partial charge in [-0.15, -0.1) is 0 Å². The van der Waals surface area contributed by atoms with Crippen LogP contribution in [-0.4, -0.2) is 10.1 Å². The van der Waals surface area contributed by atoms with Crippen molar-refractivity contribution in [3.63, 3.8) is 0 Å². The van der Waals surface area contributed by atoms with E-state index >= 15 is 0 Å². The zero-order chi connectivity index (χ0) is 8.55. The topological polar surface area (TPSA) is 36.0 Å². The molecule has 0 saturated heterocycles. The highest BCUT2D eigenvalue weighted by Gasteiger charge is 1.99. The minimum Gasteiger partial charge on any atom is -0.508 e. The van der Waals surface area contributed by atoms with Crippen molar-refractivity contribution >= 4 is 10.9 Å². The Balaban J connectivity index is 2.67. The smallest absolute Gasteiger partial charge is 0.129 e. The number of phenolic OH excluding ortho intramolecular Hbond substituents is 1. The number of H-pyrrole nitrogens is 1. The Morgan fingerprint density at radius 2 is 2.17 bits per heavy atom. The van der Waals surface area contributed by atoms with Crippen molar-refractivity contribution in [3.05, 3.63) is 30.0 Å². The number of benzene rings is 1. The van der Waals surface area contributed by atoms with Gasteiger partial charge in [-0.3, -0.25) is 0 Å². The van der Waals surface area contributed by atoms with Crippen molar-refractivity contribution in [3.8, 4) is 5.75 Å². The van der Waals surface area contributed by atoms with E-state index in [1.54, 1.807) is 24.3 Å². The molecule has 12 heavy (non-hydrogen) atoms. The highest BCUT2D eigenvalue weighted by Crippen LogP contribution is 2.20. The van der Waals surface area contributed by atoms with Gasteiger partial charge in [-0.25, -0.2) is 4.39 Å². The van der Waals surface area contributed by atoms with Crippen molar-refractivity contribution < 1.29 is 9.50 Å². The maximum absolute atomic E-state index is 12.2. The molecule has 0 unspecified atom stereocenters. The summed E-state index contributed by atoms with van der Waals surface area (Å²) in [5.41, 5.74) is 1.30. The van der Waals surface area contributed by atoms with E-state index in [0.717, 1.165) is 10.9 Å². The second kappa shape index (κ2) is 2.52. The number of halogens is 1. The molecule has 0 bridgehead atoms. The Morgan fingerprint density at radius 3 is 2.92 bits per heavy atom. The molecule has 0 aliphatic carbocycles. The van der Waals surface area contributed by atoms with Crippen LogP contribution < -0.4 is 0 Å². The first kappa shape index (κ1) is 7.16. The third-order valence-electron chi connectivity index (χ3n) is 1.81. The Labute approximate surface area is 68.6 Å². The van der Waals surface area contributed by atoms with Gasteiger partial charge in [-0.05, 0) is 18.2 Å². The maximum atomic E-state index is 12.2. The molecule has 0 spiro atoms. The monoisotopic (exact) mass is 165 g/mol. The van der Waals surface area contributed by atoms with Gasteiger partial charge in [0, 0.05) is 22.7 Å². The van der Waals surface area contributed by atoms with Crippen LogP contribution in [0.4, 0.5) is 4.39 Å². The maximum Gasteiger partial charge on any atom is 0.129 e. The number of alkyl halides is 1. The van der Waals surface area contributed by atoms with Gasteiger partial charge in [0.05, 0.1) is 0 Å². The minimum absolute atomic E-state index is 0.190. The van der Waals surface area contributed by atoms with Crippen LogP contribution in [0.1, 0.15) is 5.69 Å². The van der Waals surface area contributed by atoms with Gasteiger partial charge in [0.25, 0.3) is 0 Å². The van der Waals surface area contributed by atoms with E-state index in [1.165, 1.54) is 0 Å². The molecule has 0 fully saturated rings. The number of nitrogens with one attached hydrogen (secondary N) is 1. The molecule has 1 heterocycles. The van der Waals surface area contributed by atoms with Crippen LogP contribution in [0.5, 0.6) is 5.75 Å². The van der Waals surface area contributed by atoms with E-state index in [0.29, 0.717) is 5.69 Å². The fourth-order valence-electron chi connectivity index (χ4n) is 1.25. The Morgan fingerprint density at radius 1 is 1.33 bits per heavy atom. The molecule has 0 aliphatic rings. The predicted octanol–water partition coefficient (Wildman–Crippen LogP) is 2.34. The summed E-state index contributed by atoms with van der Waals surface area (Å²) in [7, 11) is 0. The lowest BCUT2D eigenvalue weighted by Crippen LogP contribution is -1.73. The van der Waals surface area contributed by atoms with Crippen LogP contribution in [0.2, 0.25) is 0 Å². The summed E-state index contributed by atoms with van der Waals surface area (Å²) in [6.45, 7) is -0.505. The summed E-state index contributed by atoms with van der Waals surface area (Å²) in [5, 5.41) is 10.0. The van der Waals surface area contributed by atoms with Crippen LogP contribution in [0.3, 0.4) is 0 Å². The van der Waals surface area contributed by atoms with E-state index in [4.69, 9.17) is 5.11 Å². The summed E-state index contributed by atoms with van der Waals surface area (Å²) in [6, 6.07) is 6.64. The molecule has 0 radical (unpaired) electrons. The van der Waals surface area contributed by atoms with Gasteiger partial charge in [0.1, 0.15) is 12.4 Å². The Bertz CT molecular complexity index is 408. The number of aromatic nitrogens is 1. The lowest BCUT2D eigenvalue weighted by molar-refractivity contribution is 0.475. The first-order chi connectivity index (χ1) is 5.79. The molecule has 0 aliphatic heterocycles. The standard InChI is InChI=1S/C9H8FNO/c10-5-7-3-6-1-2-8(12)4-9(6)11-7/h1-4,11-12H,5H2. The highest BCUT2D eigenvalue weighted by molar-refractivity contribution is 5.81. The molecule has 0 amide bonds. The van der Waals surface area contributed by atoms with Crippen molar-refractivity contribution in [2.45, 2.75) is 6.67 Å². The van der Waals surface area contributed by atoms with Gasteiger partial charge in [0.2, 0.25) is 0 Å². The molecule has 62 valence electrons. The van der Waals surface area contributed by atoms with Crippen LogP contribution in [0.25, 0.3) is 10.9 Å². The van der Waals surface area contributed by atoms with E-state index < -0.39 is 6.67 Å². The second-order valence-electron chi connectivity index (χ2n) is 2.70. The molecule has 2 rings (SSSR count). The fourth-order valence-corrected chi connectivity index (χ4v) is 1.25.